The van der Waals surface area contributed by atoms with Gasteiger partial charge in [-0.2, -0.15) is 5.10 Å². The van der Waals surface area contributed by atoms with Crippen molar-refractivity contribution in [2.24, 2.45) is 0 Å². The highest BCUT2D eigenvalue weighted by molar-refractivity contribution is 7.89. The summed E-state index contributed by atoms with van der Waals surface area (Å²) >= 11 is 0. The van der Waals surface area contributed by atoms with Crippen molar-refractivity contribution in [1.82, 2.24) is 20.2 Å². The van der Waals surface area contributed by atoms with Gasteiger partial charge >= 0.3 is 0 Å². The maximum atomic E-state index is 12.2. The van der Waals surface area contributed by atoms with Crippen molar-refractivity contribution in [3.63, 3.8) is 0 Å². The van der Waals surface area contributed by atoms with Gasteiger partial charge in [-0.1, -0.05) is 30.3 Å². The summed E-state index contributed by atoms with van der Waals surface area (Å²) in [6.07, 6.45) is 0. The van der Waals surface area contributed by atoms with Crippen LogP contribution in [-0.4, -0.2) is 31.1 Å². The van der Waals surface area contributed by atoms with E-state index >= 15 is 0 Å². The van der Waals surface area contributed by atoms with Crippen molar-refractivity contribution < 1.29 is 13.2 Å². The summed E-state index contributed by atoms with van der Waals surface area (Å²) in [4.78, 5) is 11.8. The smallest absolute Gasteiger partial charge is 0.244 e. The van der Waals surface area contributed by atoms with Crippen LogP contribution in [0.4, 0.5) is 0 Å². The minimum atomic E-state index is -3.76. The molecule has 8 heteroatoms. The first-order valence-corrected chi connectivity index (χ1v) is 8.20. The summed E-state index contributed by atoms with van der Waals surface area (Å²) in [6, 6.07) is 9.38. The summed E-state index contributed by atoms with van der Waals surface area (Å²) < 4.78 is 26.6. The molecule has 2 aromatic rings. The molecule has 0 spiro atoms. The number of benzene rings is 1. The van der Waals surface area contributed by atoms with Crippen LogP contribution in [0.2, 0.25) is 0 Å². The second-order valence-electron chi connectivity index (χ2n) is 4.85. The maximum absolute atomic E-state index is 12.2. The lowest BCUT2D eigenvalue weighted by molar-refractivity contribution is -0.120. The number of sulfonamides is 1. The third kappa shape index (κ3) is 3.92. The van der Waals surface area contributed by atoms with Gasteiger partial charge in [0.1, 0.15) is 4.90 Å². The highest BCUT2D eigenvalue weighted by atomic mass is 32.2. The van der Waals surface area contributed by atoms with E-state index in [1.807, 2.05) is 30.3 Å². The molecule has 0 aliphatic rings. The van der Waals surface area contributed by atoms with Crippen molar-refractivity contribution >= 4 is 15.9 Å². The zero-order valence-electron chi connectivity index (χ0n) is 12.4. The van der Waals surface area contributed by atoms with Gasteiger partial charge in [0.15, 0.2) is 0 Å². The lowest BCUT2D eigenvalue weighted by Gasteiger charge is -2.08. The molecule has 0 fully saturated rings. The maximum Gasteiger partial charge on any atom is 0.244 e. The largest absolute Gasteiger partial charge is 0.351 e. The third-order valence-electron chi connectivity index (χ3n) is 3.08. The molecule has 0 saturated carbocycles. The molecule has 0 unspecified atom stereocenters. The zero-order chi connectivity index (χ0) is 16.2. The Labute approximate surface area is 129 Å². The quantitative estimate of drug-likeness (QED) is 0.725. The van der Waals surface area contributed by atoms with E-state index in [1.54, 1.807) is 13.8 Å². The van der Waals surface area contributed by atoms with E-state index in [0.29, 0.717) is 17.9 Å². The van der Waals surface area contributed by atoms with E-state index in [2.05, 4.69) is 20.2 Å². The summed E-state index contributed by atoms with van der Waals surface area (Å²) in [7, 11) is -3.76. The van der Waals surface area contributed by atoms with Crippen LogP contribution in [0.5, 0.6) is 0 Å². The lowest BCUT2D eigenvalue weighted by atomic mass is 10.2. The number of rotatable bonds is 6. The van der Waals surface area contributed by atoms with Gasteiger partial charge in [-0.15, -0.1) is 0 Å². The van der Waals surface area contributed by atoms with Crippen LogP contribution in [0.25, 0.3) is 0 Å². The fraction of sp³-hybridized carbons (Fsp3) is 0.286. The van der Waals surface area contributed by atoms with E-state index in [1.165, 1.54) is 0 Å². The molecule has 22 heavy (non-hydrogen) atoms. The van der Waals surface area contributed by atoms with E-state index in [4.69, 9.17) is 0 Å². The molecule has 2 rings (SSSR count). The molecular weight excluding hydrogens is 304 g/mol. The second kappa shape index (κ2) is 6.71. The van der Waals surface area contributed by atoms with Gasteiger partial charge in [0.25, 0.3) is 0 Å². The molecule has 0 saturated heterocycles. The van der Waals surface area contributed by atoms with Crippen molar-refractivity contribution in [3.05, 3.63) is 47.3 Å². The predicted octanol–water partition coefficient (Wildman–Crippen LogP) is 0.621. The van der Waals surface area contributed by atoms with Gasteiger partial charge in [0, 0.05) is 6.54 Å². The van der Waals surface area contributed by atoms with Crippen LogP contribution in [0, 0.1) is 13.8 Å². The molecule has 1 heterocycles. The van der Waals surface area contributed by atoms with Crippen LogP contribution in [0.3, 0.4) is 0 Å². The first-order chi connectivity index (χ1) is 10.4. The van der Waals surface area contributed by atoms with Gasteiger partial charge < -0.3 is 5.32 Å². The Morgan fingerprint density at radius 2 is 1.91 bits per heavy atom. The Kier molecular flexibility index (Phi) is 4.94. The number of amides is 1. The van der Waals surface area contributed by atoms with Crippen molar-refractivity contribution in [1.29, 1.82) is 0 Å². The highest BCUT2D eigenvalue weighted by Gasteiger charge is 2.22. The van der Waals surface area contributed by atoms with Gasteiger partial charge in [-0.3, -0.25) is 9.89 Å². The van der Waals surface area contributed by atoms with Crippen LogP contribution in [-0.2, 0) is 21.4 Å². The molecule has 0 bridgehead atoms. The fourth-order valence-corrected chi connectivity index (χ4v) is 3.38. The number of hydrogen-bond donors (Lipinski definition) is 3. The molecule has 118 valence electrons. The molecule has 0 radical (unpaired) electrons. The Morgan fingerprint density at radius 1 is 1.23 bits per heavy atom. The van der Waals surface area contributed by atoms with Gasteiger partial charge in [0.05, 0.1) is 17.9 Å². The second-order valence-corrected chi connectivity index (χ2v) is 6.55. The number of hydrogen-bond acceptors (Lipinski definition) is 4. The zero-order valence-corrected chi connectivity index (χ0v) is 13.2. The first-order valence-electron chi connectivity index (χ1n) is 6.72. The number of nitrogens with one attached hydrogen (secondary N) is 3. The third-order valence-corrected chi connectivity index (χ3v) is 4.75. The first kappa shape index (κ1) is 16.2. The van der Waals surface area contributed by atoms with Gasteiger partial charge in [-0.25, -0.2) is 13.1 Å². The summed E-state index contributed by atoms with van der Waals surface area (Å²) in [5.41, 5.74) is 1.75. The molecular formula is C14H18N4O3S. The molecule has 0 atom stereocenters. The van der Waals surface area contributed by atoms with E-state index in [0.717, 1.165) is 5.56 Å². The molecule has 0 aliphatic heterocycles. The van der Waals surface area contributed by atoms with E-state index < -0.39 is 15.9 Å². The van der Waals surface area contributed by atoms with Crippen LogP contribution in [0.15, 0.2) is 35.2 Å². The minimum absolute atomic E-state index is 0.0864. The molecule has 7 nitrogen and oxygen atoms in total. The number of carbonyl (C=O) groups is 1. The van der Waals surface area contributed by atoms with Crippen molar-refractivity contribution in [2.75, 3.05) is 6.54 Å². The molecule has 1 amide bonds. The summed E-state index contributed by atoms with van der Waals surface area (Å²) in [5.74, 6) is -0.397. The normalized spacial score (nSPS) is 11.4. The van der Waals surface area contributed by atoms with Crippen LogP contribution < -0.4 is 10.0 Å². The average Bonchev–Trinajstić information content (AvgIpc) is 2.84. The van der Waals surface area contributed by atoms with Crippen molar-refractivity contribution in [3.8, 4) is 0 Å². The lowest BCUT2D eigenvalue weighted by Crippen LogP contribution is -2.36. The molecule has 0 aliphatic carbocycles. The predicted molar refractivity (Wildman–Crippen MR) is 81.5 cm³/mol. The van der Waals surface area contributed by atoms with Crippen LogP contribution in [0.1, 0.15) is 17.0 Å². The average molecular weight is 322 g/mol. The number of nitrogens with zero attached hydrogens (tertiary/aromatic N) is 1. The molecule has 3 N–H and O–H groups in total. The fourth-order valence-electron chi connectivity index (χ4n) is 2.03. The van der Waals surface area contributed by atoms with Gasteiger partial charge in [-0.05, 0) is 19.4 Å². The Balaban J connectivity index is 1.91. The van der Waals surface area contributed by atoms with Crippen molar-refractivity contribution in [2.45, 2.75) is 25.3 Å². The van der Waals surface area contributed by atoms with Gasteiger partial charge in [0.2, 0.25) is 15.9 Å². The van der Waals surface area contributed by atoms with Crippen LogP contribution >= 0.6 is 0 Å². The molecule has 1 aromatic heterocycles. The number of aromatic amines is 1. The topological polar surface area (TPSA) is 104 Å². The molecule has 1 aromatic carbocycles. The summed E-state index contributed by atoms with van der Waals surface area (Å²) in [5, 5.41) is 9.11. The number of carbonyl (C=O) groups excluding carboxylic acids is 1. The van der Waals surface area contributed by atoms with E-state index in [9.17, 15) is 13.2 Å². The number of H-pyrrole nitrogens is 1. The summed E-state index contributed by atoms with van der Waals surface area (Å²) in [6.45, 7) is 3.24. The van der Waals surface area contributed by atoms with E-state index in [-0.39, 0.29) is 11.4 Å². The Bertz CT molecular complexity index is 734. The Hall–Kier alpha value is -2.19. The highest BCUT2D eigenvalue weighted by Crippen LogP contribution is 2.15. The SMILES string of the molecule is Cc1n[nH]c(C)c1S(=O)(=O)NCC(=O)NCc1ccccc1. The number of aryl methyl sites for hydroxylation is 2. The minimum Gasteiger partial charge on any atom is -0.351 e. The monoisotopic (exact) mass is 322 g/mol. The Morgan fingerprint density at radius 3 is 2.50 bits per heavy atom. The standard InChI is InChI=1S/C14H18N4O3S/c1-10-14(11(2)18-17-10)22(20,21)16-9-13(19)15-8-12-6-4-3-5-7-12/h3-7,16H,8-9H2,1-2H3,(H,15,19)(H,17,18). The number of aromatic nitrogens is 2.